The molecule has 0 atom stereocenters. The van der Waals surface area contributed by atoms with Crippen LogP contribution in [-0.4, -0.2) is 12.9 Å². The number of ether oxygens (including phenoxy) is 1. The van der Waals surface area contributed by atoms with Crippen molar-refractivity contribution >= 4 is 27.8 Å². The van der Waals surface area contributed by atoms with Crippen LogP contribution >= 0.6 is 11.3 Å². The molecule has 0 saturated heterocycles. The first-order valence-electron chi connectivity index (χ1n) is 6.54. The molecule has 0 spiro atoms. The van der Waals surface area contributed by atoms with Gasteiger partial charge in [0.2, 0.25) is 0 Å². The summed E-state index contributed by atoms with van der Waals surface area (Å²) in [6.45, 7) is 2.29. The van der Waals surface area contributed by atoms with Gasteiger partial charge in [-0.25, -0.2) is 4.39 Å². The lowest BCUT2D eigenvalue weighted by molar-refractivity contribution is 0.0992. The van der Waals surface area contributed by atoms with E-state index in [4.69, 9.17) is 10.5 Å². The second-order valence-electron chi connectivity index (χ2n) is 4.46. The summed E-state index contributed by atoms with van der Waals surface area (Å²) in [6, 6.07) is 6.21. The van der Waals surface area contributed by atoms with Crippen molar-refractivity contribution in [1.82, 2.24) is 0 Å². The Balaban J connectivity index is 2.19. The van der Waals surface area contributed by atoms with Crippen LogP contribution in [-0.2, 0) is 6.54 Å². The van der Waals surface area contributed by atoms with E-state index in [9.17, 15) is 9.18 Å². The van der Waals surface area contributed by atoms with Gasteiger partial charge in [-0.1, -0.05) is 19.1 Å². The first-order valence-corrected chi connectivity index (χ1v) is 7.36. The number of hydrogen-bond donors (Lipinski definition) is 2. The number of carbonyl (C=O) groups excluding carboxylic acids is 1. The first-order chi connectivity index (χ1) is 10.1. The van der Waals surface area contributed by atoms with Gasteiger partial charge in [0.25, 0.3) is 0 Å². The number of hydrogen-bond acceptors (Lipinski definition) is 5. The van der Waals surface area contributed by atoms with Gasteiger partial charge in [0.1, 0.15) is 10.8 Å². The van der Waals surface area contributed by atoms with Crippen LogP contribution in [0.25, 0.3) is 0 Å². The standard InChI is InChI=1S/C15H17FN2O2S/c1-3-11(19)14-12(17)13(20-2)15(21-14)18-8-9-4-6-10(16)7-5-9/h4-7,18H,3,8,17H2,1-2H3. The summed E-state index contributed by atoms with van der Waals surface area (Å²) in [7, 11) is 1.52. The Hall–Kier alpha value is -2.08. The molecule has 2 aromatic rings. The minimum absolute atomic E-state index is 0.00867. The second kappa shape index (κ2) is 6.58. The molecule has 1 aromatic carbocycles. The van der Waals surface area contributed by atoms with Crippen LogP contribution in [0.1, 0.15) is 28.6 Å². The summed E-state index contributed by atoms with van der Waals surface area (Å²) in [5, 5.41) is 3.88. The number of thiophene rings is 1. The Labute approximate surface area is 126 Å². The van der Waals surface area contributed by atoms with Crippen molar-refractivity contribution in [3.8, 4) is 5.75 Å². The van der Waals surface area contributed by atoms with E-state index in [1.165, 1.54) is 30.6 Å². The second-order valence-corrected chi connectivity index (χ2v) is 5.48. The number of ketones is 1. The van der Waals surface area contributed by atoms with Crippen molar-refractivity contribution in [3.05, 3.63) is 40.5 Å². The molecule has 21 heavy (non-hydrogen) atoms. The molecule has 0 saturated carbocycles. The molecule has 6 heteroatoms. The highest BCUT2D eigenvalue weighted by atomic mass is 32.1. The van der Waals surface area contributed by atoms with Crippen LogP contribution in [0.15, 0.2) is 24.3 Å². The fraction of sp³-hybridized carbons (Fsp3) is 0.267. The Morgan fingerprint density at radius 2 is 2.05 bits per heavy atom. The van der Waals surface area contributed by atoms with Gasteiger partial charge in [-0.05, 0) is 17.7 Å². The van der Waals surface area contributed by atoms with E-state index in [0.29, 0.717) is 34.3 Å². The summed E-state index contributed by atoms with van der Waals surface area (Å²) < 4.78 is 18.1. The first kappa shape index (κ1) is 15.3. The van der Waals surface area contributed by atoms with E-state index in [-0.39, 0.29) is 11.6 Å². The van der Waals surface area contributed by atoms with Crippen molar-refractivity contribution in [1.29, 1.82) is 0 Å². The Bertz CT molecular complexity index is 638. The normalized spacial score (nSPS) is 10.4. The molecule has 1 heterocycles. The highest BCUT2D eigenvalue weighted by Crippen LogP contribution is 2.43. The summed E-state index contributed by atoms with van der Waals surface area (Å²) in [5.41, 5.74) is 7.25. The fourth-order valence-corrected chi connectivity index (χ4v) is 3.00. The smallest absolute Gasteiger partial charge is 0.176 e. The SMILES string of the molecule is CCC(=O)c1sc(NCc2ccc(F)cc2)c(OC)c1N. The predicted octanol–water partition coefficient (Wildman–Crippen LogP) is 3.68. The van der Waals surface area contributed by atoms with E-state index in [1.807, 2.05) is 0 Å². The lowest BCUT2D eigenvalue weighted by atomic mass is 10.2. The van der Waals surface area contributed by atoms with Gasteiger partial charge in [-0.3, -0.25) is 4.79 Å². The number of methoxy groups -OCH3 is 1. The minimum atomic E-state index is -0.271. The van der Waals surface area contributed by atoms with E-state index < -0.39 is 0 Å². The summed E-state index contributed by atoms with van der Waals surface area (Å²) in [5.74, 6) is 0.206. The van der Waals surface area contributed by atoms with Crippen molar-refractivity contribution in [2.75, 3.05) is 18.2 Å². The number of anilines is 2. The van der Waals surface area contributed by atoms with E-state index in [0.717, 1.165) is 5.56 Å². The van der Waals surface area contributed by atoms with E-state index in [1.54, 1.807) is 19.1 Å². The molecule has 0 fully saturated rings. The number of nitrogens with two attached hydrogens (primary N) is 1. The number of rotatable bonds is 6. The largest absolute Gasteiger partial charge is 0.492 e. The van der Waals surface area contributed by atoms with Gasteiger partial charge in [0.15, 0.2) is 11.5 Å². The quantitative estimate of drug-likeness (QED) is 0.799. The molecule has 0 bridgehead atoms. The van der Waals surface area contributed by atoms with Crippen molar-refractivity contribution in [3.63, 3.8) is 0 Å². The summed E-state index contributed by atoms with van der Waals surface area (Å²) >= 11 is 1.28. The molecule has 0 radical (unpaired) electrons. The van der Waals surface area contributed by atoms with Crippen LogP contribution < -0.4 is 15.8 Å². The van der Waals surface area contributed by atoms with Crippen molar-refractivity contribution < 1.29 is 13.9 Å². The number of Topliss-reactive ketones (excluding diaryl/α,β-unsaturated/α-hetero) is 1. The van der Waals surface area contributed by atoms with Gasteiger partial charge >= 0.3 is 0 Å². The van der Waals surface area contributed by atoms with Crippen LogP contribution in [0.3, 0.4) is 0 Å². The lowest BCUT2D eigenvalue weighted by Crippen LogP contribution is -2.00. The summed E-state index contributed by atoms with van der Waals surface area (Å²) in [4.78, 5) is 12.3. The maximum Gasteiger partial charge on any atom is 0.176 e. The molecule has 1 aromatic heterocycles. The van der Waals surface area contributed by atoms with Gasteiger partial charge in [-0.15, -0.1) is 11.3 Å². The fourth-order valence-electron chi connectivity index (χ4n) is 1.90. The van der Waals surface area contributed by atoms with Crippen LogP contribution in [0.4, 0.5) is 15.1 Å². The molecule has 2 rings (SSSR count). The Kier molecular flexibility index (Phi) is 4.80. The zero-order valence-electron chi connectivity index (χ0n) is 11.9. The molecular weight excluding hydrogens is 291 g/mol. The Morgan fingerprint density at radius 1 is 1.38 bits per heavy atom. The molecule has 0 aliphatic rings. The Morgan fingerprint density at radius 3 is 2.62 bits per heavy atom. The summed E-state index contributed by atoms with van der Waals surface area (Å²) in [6.07, 6.45) is 0.394. The average Bonchev–Trinajstić information content (AvgIpc) is 2.82. The molecule has 0 unspecified atom stereocenters. The van der Waals surface area contributed by atoms with Crippen LogP contribution in [0.2, 0.25) is 0 Å². The molecular formula is C15H17FN2O2S. The van der Waals surface area contributed by atoms with Crippen LogP contribution in [0.5, 0.6) is 5.75 Å². The lowest BCUT2D eigenvalue weighted by Gasteiger charge is -2.07. The third kappa shape index (κ3) is 3.33. The molecule has 0 amide bonds. The molecule has 4 nitrogen and oxygen atoms in total. The maximum absolute atomic E-state index is 12.9. The van der Waals surface area contributed by atoms with Crippen molar-refractivity contribution in [2.45, 2.75) is 19.9 Å². The third-order valence-electron chi connectivity index (χ3n) is 3.04. The highest BCUT2D eigenvalue weighted by Gasteiger charge is 2.20. The number of benzene rings is 1. The molecule has 112 valence electrons. The minimum Gasteiger partial charge on any atom is -0.492 e. The number of nitrogens with one attached hydrogen (secondary N) is 1. The molecule has 0 aliphatic heterocycles. The average molecular weight is 308 g/mol. The third-order valence-corrected chi connectivity index (χ3v) is 4.23. The molecule has 3 N–H and O–H groups in total. The maximum atomic E-state index is 12.9. The van der Waals surface area contributed by atoms with Crippen LogP contribution in [0, 0.1) is 5.82 Å². The van der Waals surface area contributed by atoms with Gasteiger partial charge in [0, 0.05) is 13.0 Å². The van der Waals surface area contributed by atoms with E-state index in [2.05, 4.69) is 5.32 Å². The van der Waals surface area contributed by atoms with E-state index >= 15 is 0 Å². The topological polar surface area (TPSA) is 64.3 Å². The predicted molar refractivity (Wildman–Crippen MR) is 83.6 cm³/mol. The molecule has 0 aliphatic carbocycles. The monoisotopic (exact) mass is 308 g/mol. The van der Waals surface area contributed by atoms with Gasteiger partial charge < -0.3 is 15.8 Å². The highest BCUT2D eigenvalue weighted by molar-refractivity contribution is 7.19. The zero-order chi connectivity index (χ0) is 15.4. The van der Waals surface area contributed by atoms with Crippen molar-refractivity contribution in [2.24, 2.45) is 0 Å². The zero-order valence-corrected chi connectivity index (χ0v) is 12.7. The van der Waals surface area contributed by atoms with Gasteiger partial charge in [0.05, 0.1) is 17.7 Å². The number of carbonyl (C=O) groups is 1. The number of halogens is 1. The van der Waals surface area contributed by atoms with Gasteiger partial charge in [-0.2, -0.15) is 0 Å². The number of nitrogen functional groups attached to an aromatic ring is 1.